The van der Waals surface area contributed by atoms with Crippen LogP contribution in [0.25, 0.3) is 0 Å². The van der Waals surface area contributed by atoms with E-state index in [-0.39, 0.29) is 5.91 Å². The minimum atomic E-state index is 0.0129. The highest BCUT2D eigenvalue weighted by Gasteiger charge is 2.07. The van der Waals surface area contributed by atoms with Gasteiger partial charge in [0.05, 0.1) is 6.20 Å². The van der Waals surface area contributed by atoms with Crippen molar-refractivity contribution in [3.63, 3.8) is 0 Å². The van der Waals surface area contributed by atoms with Gasteiger partial charge in [-0.2, -0.15) is 5.10 Å². The van der Waals surface area contributed by atoms with Crippen molar-refractivity contribution in [2.45, 2.75) is 19.8 Å². The molecule has 15 heavy (non-hydrogen) atoms. The van der Waals surface area contributed by atoms with Crippen LogP contribution in [-0.4, -0.2) is 22.2 Å². The van der Waals surface area contributed by atoms with Gasteiger partial charge in [-0.3, -0.25) is 9.48 Å². The molecule has 0 aliphatic rings. The molecule has 0 aliphatic carbocycles. The van der Waals surface area contributed by atoms with Crippen LogP contribution in [0.15, 0.2) is 12.3 Å². The van der Waals surface area contributed by atoms with E-state index < -0.39 is 0 Å². The van der Waals surface area contributed by atoms with Crippen molar-refractivity contribution in [3.8, 4) is 0 Å². The van der Waals surface area contributed by atoms with Gasteiger partial charge in [-0.05, 0) is 18.9 Å². The van der Waals surface area contributed by atoms with Crippen LogP contribution in [0.4, 0.5) is 5.82 Å². The number of hydrogen-bond acceptors (Lipinski definition) is 3. The second kappa shape index (κ2) is 5.50. The van der Waals surface area contributed by atoms with Crippen molar-refractivity contribution in [3.05, 3.63) is 12.3 Å². The Morgan fingerprint density at radius 1 is 1.73 bits per heavy atom. The number of carbonyl (C=O) groups excluding carboxylic acids is 1. The van der Waals surface area contributed by atoms with Gasteiger partial charge in [0.25, 0.3) is 0 Å². The lowest BCUT2D eigenvalue weighted by molar-refractivity contribution is -0.116. The van der Waals surface area contributed by atoms with Gasteiger partial charge in [0, 0.05) is 19.5 Å². The van der Waals surface area contributed by atoms with Crippen LogP contribution in [0.1, 0.15) is 19.8 Å². The molecule has 0 bridgehead atoms. The fourth-order valence-corrected chi connectivity index (χ4v) is 1.20. The van der Waals surface area contributed by atoms with Gasteiger partial charge in [0.1, 0.15) is 5.82 Å². The van der Waals surface area contributed by atoms with E-state index in [1.54, 1.807) is 24.0 Å². The van der Waals surface area contributed by atoms with E-state index in [0.29, 0.717) is 18.9 Å². The number of carbonyl (C=O) groups is 1. The van der Waals surface area contributed by atoms with Gasteiger partial charge in [0.15, 0.2) is 0 Å². The molecule has 0 saturated heterocycles. The Labute approximate surface area is 89.6 Å². The van der Waals surface area contributed by atoms with Gasteiger partial charge in [-0.1, -0.05) is 6.92 Å². The van der Waals surface area contributed by atoms with Crippen molar-refractivity contribution in [1.82, 2.24) is 9.78 Å². The Bertz CT molecular complexity index is 321. The number of nitrogens with two attached hydrogens (primary N) is 1. The van der Waals surface area contributed by atoms with E-state index in [1.165, 1.54) is 0 Å². The Hall–Kier alpha value is -1.36. The van der Waals surface area contributed by atoms with Gasteiger partial charge in [-0.15, -0.1) is 0 Å². The third-order valence-corrected chi connectivity index (χ3v) is 2.35. The molecule has 0 aromatic carbocycles. The molecule has 1 aromatic heterocycles. The second-order valence-electron chi connectivity index (χ2n) is 3.77. The molecular formula is C10H18N4O. The molecule has 1 aromatic rings. The zero-order chi connectivity index (χ0) is 11.3. The van der Waals surface area contributed by atoms with Crippen LogP contribution in [0.5, 0.6) is 0 Å². The fraction of sp³-hybridized carbons (Fsp3) is 0.600. The third kappa shape index (κ3) is 3.71. The maximum absolute atomic E-state index is 11.5. The number of rotatable bonds is 5. The molecule has 0 fully saturated rings. The quantitative estimate of drug-likeness (QED) is 0.752. The van der Waals surface area contributed by atoms with E-state index in [2.05, 4.69) is 10.4 Å². The molecule has 84 valence electrons. The predicted octanol–water partition coefficient (Wildman–Crippen LogP) is 0.734. The van der Waals surface area contributed by atoms with E-state index in [4.69, 9.17) is 5.73 Å². The molecule has 1 unspecified atom stereocenters. The van der Waals surface area contributed by atoms with Crippen LogP contribution in [-0.2, 0) is 11.8 Å². The average Bonchev–Trinajstić information content (AvgIpc) is 2.61. The van der Waals surface area contributed by atoms with E-state index in [0.717, 1.165) is 12.2 Å². The summed E-state index contributed by atoms with van der Waals surface area (Å²) >= 11 is 0. The first-order valence-electron chi connectivity index (χ1n) is 5.11. The fourth-order valence-electron chi connectivity index (χ4n) is 1.20. The van der Waals surface area contributed by atoms with Crippen LogP contribution < -0.4 is 11.1 Å². The molecule has 0 saturated carbocycles. The van der Waals surface area contributed by atoms with Crippen molar-refractivity contribution in [2.24, 2.45) is 18.7 Å². The summed E-state index contributed by atoms with van der Waals surface area (Å²) in [5.74, 6) is 1.13. The lowest BCUT2D eigenvalue weighted by atomic mass is 10.1. The van der Waals surface area contributed by atoms with Crippen molar-refractivity contribution < 1.29 is 4.79 Å². The average molecular weight is 210 g/mol. The highest BCUT2D eigenvalue weighted by Crippen LogP contribution is 2.07. The maximum atomic E-state index is 11.5. The summed E-state index contributed by atoms with van der Waals surface area (Å²) in [6.45, 7) is 2.66. The van der Waals surface area contributed by atoms with Crippen LogP contribution in [0, 0.1) is 5.92 Å². The number of nitrogens with one attached hydrogen (secondary N) is 1. The maximum Gasteiger partial charge on any atom is 0.225 e. The lowest BCUT2D eigenvalue weighted by Gasteiger charge is -2.08. The van der Waals surface area contributed by atoms with E-state index >= 15 is 0 Å². The second-order valence-corrected chi connectivity index (χ2v) is 3.77. The SMILES string of the molecule is CC(CN)CCC(=O)Nc1ccnn1C. The Morgan fingerprint density at radius 3 is 3.00 bits per heavy atom. The summed E-state index contributed by atoms with van der Waals surface area (Å²) in [6, 6.07) is 1.77. The topological polar surface area (TPSA) is 72.9 Å². The number of aromatic nitrogens is 2. The minimum absolute atomic E-state index is 0.0129. The number of hydrogen-bond donors (Lipinski definition) is 2. The van der Waals surface area contributed by atoms with Gasteiger partial charge >= 0.3 is 0 Å². The molecule has 1 heterocycles. The van der Waals surface area contributed by atoms with Crippen LogP contribution >= 0.6 is 0 Å². The number of aryl methyl sites for hydroxylation is 1. The smallest absolute Gasteiger partial charge is 0.225 e. The normalized spacial score (nSPS) is 12.5. The number of amides is 1. The van der Waals surface area contributed by atoms with Crippen molar-refractivity contribution >= 4 is 11.7 Å². The summed E-state index contributed by atoms with van der Waals surface area (Å²) in [7, 11) is 1.79. The van der Waals surface area contributed by atoms with Crippen LogP contribution in [0.2, 0.25) is 0 Å². The third-order valence-electron chi connectivity index (χ3n) is 2.35. The molecule has 5 heteroatoms. The van der Waals surface area contributed by atoms with E-state index in [1.807, 2.05) is 6.92 Å². The van der Waals surface area contributed by atoms with Crippen molar-refractivity contribution in [2.75, 3.05) is 11.9 Å². The van der Waals surface area contributed by atoms with Gasteiger partial charge < -0.3 is 11.1 Å². The van der Waals surface area contributed by atoms with Gasteiger partial charge in [-0.25, -0.2) is 0 Å². The zero-order valence-electron chi connectivity index (χ0n) is 9.23. The number of anilines is 1. The largest absolute Gasteiger partial charge is 0.330 e. The minimum Gasteiger partial charge on any atom is -0.330 e. The summed E-state index contributed by atoms with van der Waals surface area (Å²) in [4.78, 5) is 11.5. The Balaban J connectivity index is 2.34. The first-order chi connectivity index (χ1) is 7.13. The molecule has 1 rings (SSSR count). The van der Waals surface area contributed by atoms with Crippen LogP contribution in [0.3, 0.4) is 0 Å². The highest BCUT2D eigenvalue weighted by atomic mass is 16.1. The van der Waals surface area contributed by atoms with E-state index in [9.17, 15) is 4.79 Å². The predicted molar refractivity (Wildman–Crippen MR) is 59.3 cm³/mol. The summed E-state index contributed by atoms with van der Waals surface area (Å²) in [6.07, 6.45) is 2.97. The molecule has 5 nitrogen and oxygen atoms in total. The monoisotopic (exact) mass is 210 g/mol. The first kappa shape index (κ1) is 11.7. The first-order valence-corrected chi connectivity index (χ1v) is 5.11. The lowest BCUT2D eigenvalue weighted by Crippen LogP contribution is -2.17. The van der Waals surface area contributed by atoms with Crippen molar-refractivity contribution in [1.29, 1.82) is 0 Å². The number of nitrogens with zero attached hydrogens (tertiary/aromatic N) is 2. The molecule has 3 N–H and O–H groups in total. The molecule has 0 radical (unpaired) electrons. The molecular weight excluding hydrogens is 192 g/mol. The Morgan fingerprint density at radius 2 is 2.47 bits per heavy atom. The summed E-state index contributed by atoms with van der Waals surface area (Å²) < 4.78 is 1.63. The molecule has 1 amide bonds. The Kier molecular flexibility index (Phi) is 4.30. The summed E-state index contributed by atoms with van der Waals surface area (Å²) in [5.41, 5.74) is 5.47. The highest BCUT2D eigenvalue weighted by molar-refractivity contribution is 5.89. The molecule has 0 aliphatic heterocycles. The molecule has 1 atom stereocenters. The zero-order valence-corrected chi connectivity index (χ0v) is 9.23. The standard InChI is InChI=1S/C10H18N4O/c1-8(7-11)3-4-10(15)13-9-5-6-12-14(9)2/h5-6,8H,3-4,7,11H2,1-2H3,(H,13,15). The summed E-state index contributed by atoms with van der Waals surface area (Å²) in [5, 5.41) is 6.75. The molecule has 0 spiro atoms. The van der Waals surface area contributed by atoms with Gasteiger partial charge in [0.2, 0.25) is 5.91 Å².